The second kappa shape index (κ2) is 5.38. The number of nitrogens with one attached hydrogen (secondary N) is 1. The fourth-order valence-corrected chi connectivity index (χ4v) is 4.08. The summed E-state index contributed by atoms with van der Waals surface area (Å²) >= 11 is 0. The van der Waals surface area contributed by atoms with Gasteiger partial charge in [0.1, 0.15) is 0 Å². The van der Waals surface area contributed by atoms with E-state index in [1.807, 2.05) is 0 Å². The molecule has 0 aromatic carbocycles. The molecule has 0 amide bonds. The van der Waals surface area contributed by atoms with E-state index in [4.69, 9.17) is 5.73 Å². The average molecular weight is 272 g/mol. The van der Waals surface area contributed by atoms with E-state index in [0.29, 0.717) is 19.0 Å². The predicted molar refractivity (Wildman–Crippen MR) is 68.3 cm³/mol. The topological polar surface area (TPSA) is 92.1 Å². The van der Waals surface area contributed by atoms with Crippen LogP contribution < -0.4 is 5.73 Å². The van der Waals surface area contributed by atoms with Crippen LogP contribution in [0.4, 0.5) is 0 Å². The van der Waals surface area contributed by atoms with Crippen molar-refractivity contribution >= 4 is 10.0 Å². The maximum Gasteiger partial charge on any atom is 0.260 e. The third kappa shape index (κ3) is 2.43. The minimum Gasteiger partial charge on any atom is -0.335 e. The number of imidazole rings is 1. The summed E-state index contributed by atoms with van der Waals surface area (Å²) in [4.78, 5) is 6.44. The zero-order chi connectivity index (χ0) is 13.2. The van der Waals surface area contributed by atoms with Crippen molar-refractivity contribution in [3.63, 3.8) is 0 Å². The monoisotopic (exact) mass is 272 g/mol. The third-order valence-electron chi connectivity index (χ3n) is 3.68. The van der Waals surface area contributed by atoms with Gasteiger partial charge in [-0.3, -0.25) is 0 Å². The molecule has 2 atom stereocenters. The Balaban J connectivity index is 2.22. The van der Waals surface area contributed by atoms with E-state index < -0.39 is 10.0 Å². The Morgan fingerprint density at radius 1 is 1.61 bits per heavy atom. The molecule has 3 N–H and O–H groups in total. The molecule has 0 saturated carbocycles. The lowest BCUT2D eigenvalue weighted by Gasteiger charge is -2.37. The Labute approximate surface area is 108 Å². The highest BCUT2D eigenvalue weighted by molar-refractivity contribution is 7.89. The van der Waals surface area contributed by atoms with E-state index in [9.17, 15) is 8.42 Å². The van der Waals surface area contributed by atoms with Gasteiger partial charge in [-0.15, -0.1) is 0 Å². The van der Waals surface area contributed by atoms with Crippen LogP contribution in [-0.2, 0) is 10.0 Å². The van der Waals surface area contributed by atoms with E-state index in [1.54, 1.807) is 0 Å². The first kappa shape index (κ1) is 13.5. The quantitative estimate of drug-likeness (QED) is 0.837. The first-order valence-corrected chi connectivity index (χ1v) is 7.73. The van der Waals surface area contributed by atoms with Crippen molar-refractivity contribution in [3.05, 3.63) is 12.5 Å². The molecular weight excluding hydrogens is 252 g/mol. The molecule has 1 aliphatic heterocycles. The number of aromatic amines is 1. The molecule has 102 valence electrons. The van der Waals surface area contributed by atoms with Crippen LogP contribution in [0, 0.1) is 5.92 Å². The first-order chi connectivity index (χ1) is 8.59. The molecule has 7 heteroatoms. The summed E-state index contributed by atoms with van der Waals surface area (Å²) < 4.78 is 26.3. The van der Waals surface area contributed by atoms with Gasteiger partial charge in [-0.05, 0) is 18.8 Å². The molecule has 1 fully saturated rings. The van der Waals surface area contributed by atoms with Gasteiger partial charge in [-0.1, -0.05) is 13.3 Å². The molecule has 0 bridgehead atoms. The summed E-state index contributed by atoms with van der Waals surface area (Å²) in [6.07, 6.45) is 5.55. The molecule has 6 nitrogen and oxygen atoms in total. The van der Waals surface area contributed by atoms with Gasteiger partial charge in [0.25, 0.3) is 10.0 Å². The van der Waals surface area contributed by atoms with Crippen molar-refractivity contribution in [2.75, 3.05) is 13.1 Å². The smallest absolute Gasteiger partial charge is 0.260 e. The summed E-state index contributed by atoms with van der Waals surface area (Å²) in [5, 5.41) is 0.149. The Morgan fingerprint density at radius 2 is 2.39 bits per heavy atom. The number of H-pyrrole nitrogens is 1. The van der Waals surface area contributed by atoms with Gasteiger partial charge in [-0.2, -0.15) is 4.31 Å². The highest BCUT2D eigenvalue weighted by Gasteiger charge is 2.36. The zero-order valence-corrected chi connectivity index (χ0v) is 11.4. The molecular formula is C11H20N4O2S. The van der Waals surface area contributed by atoms with Crippen LogP contribution in [0.15, 0.2) is 17.6 Å². The van der Waals surface area contributed by atoms with Crippen LogP contribution >= 0.6 is 0 Å². The van der Waals surface area contributed by atoms with E-state index in [-0.39, 0.29) is 11.1 Å². The summed E-state index contributed by atoms with van der Waals surface area (Å²) in [6, 6.07) is -0.100. The van der Waals surface area contributed by atoms with Crippen LogP contribution in [0.2, 0.25) is 0 Å². The van der Waals surface area contributed by atoms with Crippen molar-refractivity contribution in [1.29, 1.82) is 0 Å². The fraction of sp³-hybridized carbons (Fsp3) is 0.727. The number of aromatic nitrogens is 2. The lowest BCUT2D eigenvalue weighted by atomic mass is 9.90. The molecule has 1 saturated heterocycles. The molecule has 1 aromatic rings. The van der Waals surface area contributed by atoms with Gasteiger partial charge in [0.05, 0.1) is 12.5 Å². The summed E-state index contributed by atoms with van der Waals surface area (Å²) in [6.45, 7) is 3.04. The summed E-state index contributed by atoms with van der Waals surface area (Å²) in [5.74, 6) is 0.576. The number of hydrogen-bond donors (Lipinski definition) is 2. The van der Waals surface area contributed by atoms with Gasteiger partial charge in [0, 0.05) is 19.1 Å². The van der Waals surface area contributed by atoms with E-state index in [0.717, 1.165) is 19.3 Å². The van der Waals surface area contributed by atoms with Crippen LogP contribution in [-0.4, -0.2) is 41.8 Å². The molecule has 1 aromatic heterocycles. The first-order valence-electron chi connectivity index (χ1n) is 6.29. The molecule has 0 spiro atoms. The Morgan fingerprint density at radius 3 is 2.94 bits per heavy atom. The fourth-order valence-electron chi connectivity index (χ4n) is 2.52. The minimum atomic E-state index is -3.48. The lowest BCUT2D eigenvalue weighted by molar-refractivity contribution is 0.197. The highest BCUT2D eigenvalue weighted by atomic mass is 32.2. The maximum absolute atomic E-state index is 12.4. The van der Waals surface area contributed by atoms with Crippen LogP contribution in [0.5, 0.6) is 0 Å². The van der Waals surface area contributed by atoms with Crippen molar-refractivity contribution in [2.24, 2.45) is 11.7 Å². The lowest BCUT2D eigenvalue weighted by Crippen LogP contribution is -2.49. The number of piperidine rings is 1. The van der Waals surface area contributed by atoms with E-state index >= 15 is 0 Å². The molecule has 1 aliphatic rings. The van der Waals surface area contributed by atoms with Crippen molar-refractivity contribution in [1.82, 2.24) is 14.3 Å². The van der Waals surface area contributed by atoms with Crippen LogP contribution in [0.25, 0.3) is 0 Å². The second-order valence-corrected chi connectivity index (χ2v) is 6.58. The second-order valence-electron chi connectivity index (χ2n) is 4.72. The SMILES string of the molecule is CCC1CCN(S(=O)(=O)c2cnc[nH]2)C(CN)C1. The van der Waals surface area contributed by atoms with Crippen molar-refractivity contribution in [3.8, 4) is 0 Å². The van der Waals surface area contributed by atoms with Crippen molar-refractivity contribution < 1.29 is 8.42 Å². The normalized spacial score (nSPS) is 26.3. The Kier molecular flexibility index (Phi) is 4.04. The number of nitrogens with zero attached hydrogens (tertiary/aromatic N) is 2. The molecule has 18 heavy (non-hydrogen) atoms. The molecule has 0 radical (unpaired) electrons. The minimum absolute atomic E-state index is 0.100. The summed E-state index contributed by atoms with van der Waals surface area (Å²) in [7, 11) is -3.48. The van der Waals surface area contributed by atoms with E-state index in [2.05, 4.69) is 16.9 Å². The maximum atomic E-state index is 12.4. The zero-order valence-electron chi connectivity index (χ0n) is 10.5. The van der Waals surface area contributed by atoms with E-state index in [1.165, 1.54) is 16.8 Å². The number of sulfonamides is 1. The van der Waals surface area contributed by atoms with Gasteiger partial charge in [0.2, 0.25) is 0 Å². The average Bonchev–Trinajstić information content (AvgIpc) is 2.92. The molecule has 2 heterocycles. The number of nitrogens with two attached hydrogens (primary N) is 1. The van der Waals surface area contributed by atoms with Crippen LogP contribution in [0.3, 0.4) is 0 Å². The standard InChI is InChI=1S/C11H20N4O2S/c1-2-9-3-4-15(10(5-9)6-12)18(16,17)11-7-13-8-14-11/h7-10H,2-6,12H2,1H3,(H,13,14). The van der Waals surface area contributed by atoms with Gasteiger partial charge in [0.15, 0.2) is 5.03 Å². The van der Waals surface area contributed by atoms with Gasteiger partial charge >= 0.3 is 0 Å². The van der Waals surface area contributed by atoms with Crippen LogP contribution in [0.1, 0.15) is 26.2 Å². The Bertz CT molecular complexity index is 471. The van der Waals surface area contributed by atoms with Crippen molar-refractivity contribution in [2.45, 2.75) is 37.3 Å². The van der Waals surface area contributed by atoms with Gasteiger partial charge in [-0.25, -0.2) is 13.4 Å². The largest absolute Gasteiger partial charge is 0.335 e. The Hall–Kier alpha value is -0.920. The molecule has 0 aliphatic carbocycles. The third-order valence-corrected chi connectivity index (χ3v) is 5.56. The summed E-state index contributed by atoms with van der Waals surface area (Å²) in [5.41, 5.74) is 5.73. The predicted octanol–water partition coefficient (Wildman–Crippen LogP) is 0.548. The highest BCUT2D eigenvalue weighted by Crippen LogP contribution is 2.28. The number of rotatable bonds is 4. The van der Waals surface area contributed by atoms with Gasteiger partial charge < -0.3 is 10.7 Å². The molecule has 2 rings (SSSR count). The number of hydrogen-bond acceptors (Lipinski definition) is 4. The molecule has 2 unspecified atom stereocenters.